The van der Waals surface area contributed by atoms with Gasteiger partial charge >= 0.3 is 0 Å². The molecule has 82 valence electrons. The Bertz CT molecular complexity index is 331. The summed E-state index contributed by atoms with van der Waals surface area (Å²) in [6, 6.07) is 8.20. The predicted molar refractivity (Wildman–Crippen MR) is 65.4 cm³/mol. The zero-order valence-corrected chi connectivity index (χ0v) is 9.98. The van der Waals surface area contributed by atoms with Gasteiger partial charge in [0.1, 0.15) is 0 Å². The Morgan fingerprint density at radius 1 is 1.33 bits per heavy atom. The van der Waals surface area contributed by atoms with E-state index >= 15 is 0 Å². The van der Waals surface area contributed by atoms with Crippen molar-refractivity contribution in [2.75, 3.05) is 13.1 Å². The molecule has 0 aliphatic heterocycles. The van der Waals surface area contributed by atoms with Crippen molar-refractivity contribution >= 4 is 11.6 Å². The summed E-state index contributed by atoms with van der Waals surface area (Å²) in [6.45, 7) is 4.35. The van der Waals surface area contributed by atoms with Crippen LogP contribution in [0.1, 0.15) is 25.3 Å². The summed E-state index contributed by atoms with van der Waals surface area (Å²) in [5, 5.41) is 4.36. The van der Waals surface area contributed by atoms with Gasteiger partial charge in [-0.25, -0.2) is 0 Å². The summed E-state index contributed by atoms with van der Waals surface area (Å²) in [7, 11) is 0. The number of rotatable bonds is 5. The molecule has 0 spiro atoms. The van der Waals surface area contributed by atoms with E-state index in [2.05, 4.69) is 24.4 Å². The first-order chi connectivity index (χ1) is 7.26. The third-order valence-corrected chi connectivity index (χ3v) is 3.60. The molecule has 1 fully saturated rings. The quantitative estimate of drug-likeness (QED) is 0.808. The lowest BCUT2D eigenvalue weighted by molar-refractivity contribution is 0.463. The summed E-state index contributed by atoms with van der Waals surface area (Å²) in [4.78, 5) is 0. The van der Waals surface area contributed by atoms with Crippen LogP contribution in [-0.4, -0.2) is 13.1 Å². The normalized spacial score (nSPS) is 17.7. The zero-order valence-electron chi connectivity index (χ0n) is 9.22. The Morgan fingerprint density at radius 3 is 2.67 bits per heavy atom. The minimum Gasteiger partial charge on any atom is -0.316 e. The van der Waals surface area contributed by atoms with Crippen molar-refractivity contribution in [2.24, 2.45) is 5.41 Å². The van der Waals surface area contributed by atoms with E-state index < -0.39 is 0 Å². The lowest BCUT2D eigenvalue weighted by atomic mass is 9.96. The molecule has 2 rings (SSSR count). The summed E-state index contributed by atoms with van der Waals surface area (Å²) in [5.41, 5.74) is 1.80. The van der Waals surface area contributed by atoms with Crippen LogP contribution in [0.25, 0.3) is 0 Å². The van der Waals surface area contributed by atoms with Gasteiger partial charge in [-0.15, -0.1) is 0 Å². The maximum atomic E-state index is 6.17. The van der Waals surface area contributed by atoms with E-state index in [-0.39, 0.29) is 0 Å². The molecule has 1 aliphatic rings. The van der Waals surface area contributed by atoms with Gasteiger partial charge in [0.25, 0.3) is 0 Å². The molecule has 0 atom stereocenters. The van der Waals surface area contributed by atoms with Gasteiger partial charge in [0.05, 0.1) is 0 Å². The monoisotopic (exact) mass is 223 g/mol. The fourth-order valence-corrected chi connectivity index (χ4v) is 2.23. The molecule has 0 radical (unpaired) electrons. The molecule has 0 saturated heterocycles. The first-order valence-corrected chi connectivity index (χ1v) is 6.08. The zero-order chi connectivity index (χ0) is 10.7. The summed E-state index contributed by atoms with van der Waals surface area (Å²) < 4.78 is 0. The van der Waals surface area contributed by atoms with Crippen LogP contribution >= 0.6 is 11.6 Å². The molecule has 0 aromatic heterocycles. The topological polar surface area (TPSA) is 12.0 Å². The van der Waals surface area contributed by atoms with Crippen molar-refractivity contribution in [1.82, 2.24) is 5.32 Å². The highest BCUT2D eigenvalue weighted by Crippen LogP contribution is 2.48. The van der Waals surface area contributed by atoms with Crippen molar-refractivity contribution in [3.8, 4) is 0 Å². The third-order valence-electron chi connectivity index (χ3n) is 3.23. The average Bonchev–Trinajstić information content (AvgIpc) is 3.00. The molecule has 1 aliphatic carbocycles. The molecule has 15 heavy (non-hydrogen) atoms. The number of hydrogen-bond donors (Lipinski definition) is 1. The molecule has 1 aromatic rings. The van der Waals surface area contributed by atoms with Crippen LogP contribution in [0.3, 0.4) is 0 Å². The Labute approximate surface area is 96.8 Å². The van der Waals surface area contributed by atoms with Gasteiger partial charge in [-0.2, -0.15) is 0 Å². The summed E-state index contributed by atoms with van der Waals surface area (Å²) in [6.07, 6.45) is 3.80. The average molecular weight is 224 g/mol. The highest BCUT2D eigenvalue weighted by Gasteiger charge is 2.42. The van der Waals surface area contributed by atoms with Crippen molar-refractivity contribution in [3.05, 3.63) is 34.9 Å². The smallest absolute Gasteiger partial charge is 0.0438 e. The fourth-order valence-electron chi connectivity index (χ4n) is 2.03. The Morgan fingerprint density at radius 2 is 2.07 bits per heavy atom. The van der Waals surface area contributed by atoms with Gasteiger partial charge in [-0.05, 0) is 42.9 Å². The Balaban J connectivity index is 1.99. The molecule has 1 N–H and O–H groups in total. The largest absolute Gasteiger partial charge is 0.316 e. The van der Waals surface area contributed by atoms with Gasteiger partial charge in [0.2, 0.25) is 0 Å². The first-order valence-electron chi connectivity index (χ1n) is 5.70. The first kappa shape index (κ1) is 11.0. The minimum absolute atomic E-state index is 0.501. The summed E-state index contributed by atoms with van der Waals surface area (Å²) >= 11 is 6.17. The van der Waals surface area contributed by atoms with Crippen molar-refractivity contribution < 1.29 is 0 Å². The van der Waals surface area contributed by atoms with Crippen molar-refractivity contribution in [3.63, 3.8) is 0 Å². The van der Waals surface area contributed by atoms with E-state index in [4.69, 9.17) is 11.6 Å². The SMILES string of the molecule is CCNCC1(Cc2ccccc2Cl)CC1. The van der Waals surface area contributed by atoms with Gasteiger partial charge in [0.15, 0.2) is 0 Å². The number of hydrogen-bond acceptors (Lipinski definition) is 1. The highest BCUT2D eigenvalue weighted by molar-refractivity contribution is 6.31. The van der Waals surface area contributed by atoms with Gasteiger partial charge in [0, 0.05) is 11.6 Å². The van der Waals surface area contributed by atoms with Crippen LogP contribution < -0.4 is 5.32 Å². The molecule has 0 heterocycles. The van der Waals surface area contributed by atoms with Crippen molar-refractivity contribution in [1.29, 1.82) is 0 Å². The molecule has 1 saturated carbocycles. The van der Waals surface area contributed by atoms with Crippen LogP contribution in [0, 0.1) is 5.41 Å². The van der Waals surface area contributed by atoms with E-state index in [9.17, 15) is 0 Å². The van der Waals surface area contributed by atoms with Crippen molar-refractivity contribution in [2.45, 2.75) is 26.2 Å². The second kappa shape index (κ2) is 4.54. The minimum atomic E-state index is 0.501. The highest BCUT2D eigenvalue weighted by atomic mass is 35.5. The fraction of sp³-hybridized carbons (Fsp3) is 0.538. The van der Waals surface area contributed by atoms with Crippen LogP contribution in [0.4, 0.5) is 0 Å². The van der Waals surface area contributed by atoms with Crippen LogP contribution in [0.5, 0.6) is 0 Å². The molecule has 1 aromatic carbocycles. The molecule has 0 bridgehead atoms. The number of nitrogens with one attached hydrogen (secondary N) is 1. The number of halogens is 1. The molecular formula is C13H18ClN. The third kappa shape index (κ3) is 2.73. The molecule has 0 amide bonds. The van der Waals surface area contributed by atoms with Crippen LogP contribution in [0.15, 0.2) is 24.3 Å². The van der Waals surface area contributed by atoms with Gasteiger partial charge in [-0.3, -0.25) is 0 Å². The maximum Gasteiger partial charge on any atom is 0.0438 e. The molecule has 2 heteroatoms. The standard InChI is InChI=1S/C13H18ClN/c1-2-15-10-13(7-8-13)9-11-5-3-4-6-12(11)14/h3-6,15H,2,7-10H2,1H3. The Hall–Kier alpha value is -0.530. The molecule has 0 unspecified atom stereocenters. The second-order valence-electron chi connectivity index (χ2n) is 4.55. The van der Waals surface area contributed by atoms with E-state index in [0.717, 1.165) is 24.5 Å². The second-order valence-corrected chi connectivity index (χ2v) is 4.96. The lowest BCUT2D eigenvalue weighted by Crippen LogP contribution is -2.25. The van der Waals surface area contributed by atoms with Gasteiger partial charge in [-0.1, -0.05) is 36.7 Å². The van der Waals surface area contributed by atoms with E-state index in [1.807, 2.05) is 12.1 Å². The van der Waals surface area contributed by atoms with Crippen LogP contribution in [0.2, 0.25) is 5.02 Å². The maximum absolute atomic E-state index is 6.17. The lowest BCUT2D eigenvalue weighted by Gasteiger charge is -2.16. The number of benzene rings is 1. The summed E-state index contributed by atoms with van der Waals surface area (Å²) in [5.74, 6) is 0. The van der Waals surface area contributed by atoms with E-state index in [1.54, 1.807) is 0 Å². The molecular weight excluding hydrogens is 206 g/mol. The predicted octanol–water partition coefficient (Wildman–Crippen LogP) is 3.27. The molecule has 1 nitrogen and oxygen atoms in total. The van der Waals surface area contributed by atoms with E-state index in [0.29, 0.717) is 5.41 Å². The Kier molecular flexibility index (Phi) is 3.32. The van der Waals surface area contributed by atoms with Crippen LogP contribution in [-0.2, 0) is 6.42 Å². The van der Waals surface area contributed by atoms with Gasteiger partial charge < -0.3 is 5.32 Å². The van der Waals surface area contributed by atoms with E-state index in [1.165, 1.54) is 18.4 Å².